The predicted octanol–water partition coefficient (Wildman–Crippen LogP) is 5.55. The quantitative estimate of drug-likeness (QED) is 0.158. The molecule has 45 heavy (non-hydrogen) atoms. The van der Waals surface area contributed by atoms with Gasteiger partial charge in [0.1, 0.15) is 13.2 Å². The van der Waals surface area contributed by atoms with Gasteiger partial charge in [0.15, 0.2) is 0 Å². The molecular formula is C36H50O8Sn. The monoisotopic (exact) mass is 730 g/mol. The largest absolute Gasteiger partial charge is 2.00 e. The van der Waals surface area contributed by atoms with Crippen LogP contribution in [-0.4, -0.2) is 47.8 Å². The molecule has 2 aromatic carbocycles. The van der Waals surface area contributed by atoms with Crippen LogP contribution < -0.4 is 10.2 Å². The van der Waals surface area contributed by atoms with Gasteiger partial charge in [-0.15, -0.1) is 0 Å². The van der Waals surface area contributed by atoms with Gasteiger partial charge in [0, 0.05) is 12.2 Å². The molecule has 9 heteroatoms. The third-order valence-corrected chi connectivity index (χ3v) is 5.81. The fourth-order valence-electron chi connectivity index (χ4n) is 3.12. The summed E-state index contributed by atoms with van der Waals surface area (Å²) >= 11 is 0. The van der Waals surface area contributed by atoms with Gasteiger partial charge >= 0.3 is 35.8 Å². The van der Waals surface area contributed by atoms with Crippen LogP contribution in [0, 0.1) is 0 Å². The Labute approximate surface area is 286 Å². The average molecular weight is 729 g/mol. The molecule has 0 aliphatic heterocycles. The van der Waals surface area contributed by atoms with E-state index in [4.69, 9.17) is 9.47 Å². The van der Waals surface area contributed by atoms with E-state index in [2.05, 4.69) is 55.4 Å². The molecule has 0 bridgehead atoms. The third kappa shape index (κ3) is 25.6. The second-order valence-corrected chi connectivity index (χ2v) is 10.2. The number of hydrogen-bond donors (Lipinski definition) is 0. The summed E-state index contributed by atoms with van der Waals surface area (Å²) < 4.78 is 9.90. The molecule has 0 amide bonds. The Bertz CT molecular complexity index is 1070. The molecule has 0 unspecified atom stereocenters. The number of carbonyl (C=O) groups is 4. The van der Waals surface area contributed by atoms with E-state index >= 15 is 0 Å². The molecule has 0 saturated heterocycles. The van der Waals surface area contributed by atoms with Crippen LogP contribution in [0.25, 0.3) is 0 Å². The van der Waals surface area contributed by atoms with E-state index in [0.29, 0.717) is 24.0 Å². The number of carbonyl (C=O) groups excluding carboxylic acids is 4. The smallest absolute Gasteiger partial charge is 0.545 e. The van der Waals surface area contributed by atoms with Crippen molar-refractivity contribution in [2.75, 3.05) is 0 Å². The molecule has 2 aromatic rings. The first-order chi connectivity index (χ1) is 20.8. The van der Waals surface area contributed by atoms with Crippen LogP contribution in [-0.2, 0) is 41.9 Å². The average Bonchev–Trinajstić information content (AvgIpc) is 3.01. The van der Waals surface area contributed by atoms with Crippen LogP contribution in [0.4, 0.5) is 0 Å². The summed E-state index contributed by atoms with van der Waals surface area (Å²) in [7, 11) is 0. The third-order valence-electron chi connectivity index (χ3n) is 5.81. The molecule has 0 aliphatic carbocycles. The summed E-state index contributed by atoms with van der Waals surface area (Å²) in [5.41, 5.74) is 4.05. The van der Waals surface area contributed by atoms with Crippen LogP contribution in [0.3, 0.4) is 0 Å². The van der Waals surface area contributed by atoms with Gasteiger partial charge in [0.05, 0.1) is 11.9 Å². The summed E-state index contributed by atoms with van der Waals surface area (Å²) in [5.74, 6) is -3.57. The van der Waals surface area contributed by atoms with E-state index < -0.39 is 23.9 Å². The summed E-state index contributed by atoms with van der Waals surface area (Å²) in [5, 5.41) is 20.2. The van der Waals surface area contributed by atoms with Gasteiger partial charge in [0.25, 0.3) is 0 Å². The fraction of sp³-hybridized carbons (Fsp3) is 0.444. The van der Waals surface area contributed by atoms with Crippen LogP contribution in [0.2, 0.25) is 0 Å². The molecule has 246 valence electrons. The molecule has 0 saturated carbocycles. The Balaban J connectivity index is -0.000000621. The Hall–Kier alpha value is -3.40. The molecule has 8 nitrogen and oxygen atoms in total. The number of unbranched alkanes of at least 4 members (excludes halogenated alkanes) is 2. The number of carboxylic acids is 2. The topological polar surface area (TPSA) is 133 Å². The number of ether oxygens (including phenoxy) is 2. The van der Waals surface area contributed by atoms with Crippen molar-refractivity contribution in [2.45, 2.75) is 106 Å². The zero-order valence-corrected chi connectivity index (χ0v) is 30.9. The fourth-order valence-corrected chi connectivity index (χ4v) is 3.12. The van der Waals surface area contributed by atoms with Crippen molar-refractivity contribution in [3.8, 4) is 0 Å². The molecular weight excluding hydrogens is 679 g/mol. The number of hydrogen-bond acceptors (Lipinski definition) is 8. The normalized spacial score (nSPS) is 10.0. The van der Waals surface area contributed by atoms with E-state index in [9.17, 15) is 29.4 Å². The summed E-state index contributed by atoms with van der Waals surface area (Å²) in [6, 6.07) is 15.3. The number of benzene rings is 2. The number of rotatable bonds is 12. The van der Waals surface area contributed by atoms with Gasteiger partial charge in [0.2, 0.25) is 0 Å². The van der Waals surface area contributed by atoms with Crippen LogP contribution in [0.1, 0.15) is 115 Å². The van der Waals surface area contributed by atoms with Gasteiger partial charge in [-0.3, -0.25) is 0 Å². The maximum atomic E-state index is 11.2. The predicted molar refractivity (Wildman–Crippen MR) is 176 cm³/mol. The van der Waals surface area contributed by atoms with E-state index in [1.165, 1.54) is 25.7 Å². The van der Waals surface area contributed by atoms with Crippen LogP contribution in [0.5, 0.6) is 0 Å². The van der Waals surface area contributed by atoms with Crippen LogP contribution in [0.15, 0.2) is 72.8 Å². The van der Waals surface area contributed by atoms with Crippen molar-refractivity contribution in [1.29, 1.82) is 0 Å². The molecule has 0 aromatic heterocycles. The minimum absolute atomic E-state index is 0. The van der Waals surface area contributed by atoms with E-state index in [1.54, 1.807) is 0 Å². The van der Waals surface area contributed by atoms with Gasteiger partial charge in [-0.25, -0.2) is 9.59 Å². The first kappa shape index (κ1) is 46.0. The minimum atomic E-state index is -1.42. The molecule has 0 aliphatic rings. The van der Waals surface area contributed by atoms with E-state index in [0.717, 1.165) is 34.4 Å². The second kappa shape index (κ2) is 29.3. The van der Waals surface area contributed by atoms with Gasteiger partial charge in [-0.2, -0.15) is 0 Å². The van der Waals surface area contributed by atoms with Gasteiger partial charge in [-0.1, -0.05) is 130 Å². The standard InChI is InChI=1S/2C14H16O4.2C4H10.Sn/c2*1-10(2)12-6-4-3-5-11(12)9-18-14(17)8-7-13(15)16;2*1-3-4-2;/h2*3-8,10H,9H2,1-2H3,(H,15,16);2*3-4H2,1-2H3;/q;;;;+2/p-2/b2*8-7-;;;. The van der Waals surface area contributed by atoms with Crippen molar-refractivity contribution in [3.63, 3.8) is 0 Å². The summed E-state index contributed by atoms with van der Waals surface area (Å²) in [4.78, 5) is 42.6. The Morgan fingerprint density at radius 1 is 0.578 bits per heavy atom. The number of esters is 2. The van der Waals surface area contributed by atoms with E-state index in [-0.39, 0.29) is 37.1 Å². The number of carboxylic acid groups (broad SMARTS) is 2. The molecule has 0 N–H and O–H groups in total. The van der Waals surface area contributed by atoms with Crippen molar-refractivity contribution in [2.24, 2.45) is 0 Å². The zero-order valence-electron chi connectivity index (χ0n) is 28.1. The van der Waals surface area contributed by atoms with Crippen molar-refractivity contribution in [1.82, 2.24) is 0 Å². The summed E-state index contributed by atoms with van der Waals surface area (Å²) in [6.07, 6.45) is 8.26. The molecule has 0 spiro atoms. The maximum Gasteiger partial charge on any atom is 2.00 e. The van der Waals surface area contributed by atoms with Gasteiger partial charge < -0.3 is 29.3 Å². The van der Waals surface area contributed by atoms with Crippen molar-refractivity contribution in [3.05, 3.63) is 95.1 Å². The van der Waals surface area contributed by atoms with E-state index in [1.807, 2.05) is 48.5 Å². The van der Waals surface area contributed by atoms with Gasteiger partial charge in [-0.05, 0) is 46.2 Å². The first-order valence-corrected chi connectivity index (χ1v) is 15.1. The Morgan fingerprint density at radius 2 is 0.867 bits per heavy atom. The Kier molecular flexibility index (Phi) is 30.0. The van der Waals surface area contributed by atoms with Crippen molar-refractivity contribution >= 4 is 47.8 Å². The Morgan fingerprint density at radius 3 is 1.11 bits per heavy atom. The SMILES string of the molecule is CC(C)c1ccccc1COC(=O)/C=C\C(=O)[O-].CC(C)c1ccccc1COC(=O)/C=C\C(=O)[O-].CCCC.CCCC.[Sn+2]. The molecule has 2 rings (SSSR count). The van der Waals surface area contributed by atoms with Crippen LogP contribution >= 0.6 is 0 Å². The second-order valence-electron chi connectivity index (χ2n) is 10.2. The molecule has 2 radical (unpaired) electrons. The molecule has 0 fully saturated rings. The molecule has 0 atom stereocenters. The van der Waals surface area contributed by atoms with Crippen molar-refractivity contribution < 1.29 is 38.9 Å². The number of aliphatic carboxylic acids is 2. The minimum Gasteiger partial charge on any atom is -0.545 e. The summed E-state index contributed by atoms with van der Waals surface area (Å²) in [6.45, 7) is 17.2. The zero-order chi connectivity index (χ0) is 33.9. The first-order valence-electron chi connectivity index (χ1n) is 15.1. The molecule has 0 heterocycles. The maximum absolute atomic E-state index is 11.2.